The molecular weight excluding hydrogens is 313 g/mol. The van der Waals surface area contributed by atoms with Gasteiger partial charge < -0.3 is 0 Å². The highest BCUT2D eigenvalue weighted by Gasteiger charge is 2.34. The van der Waals surface area contributed by atoms with E-state index in [1.54, 1.807) is 0 Å². The Bertz CT molecular complexity index is 627. The van der Waals surface area contributed by atoms with E-state index in [9.17, 15) is 12.8 Å². The first-order valence-electron chi connectivity index (χ1n) is 7.14. The second-order valence-electron chi connectivity index (χ2n) is 5.95. The Morgan fingerprint density at radius 2 is 2.00 bits per heavy atom. The highest BCUT2D eigenvalue weighted by molar-refractivity contribution is 7.89. The van der Waals surface area contributed by atoms with E-state index >= 15 is 0 Å². The van der Waals surface area contributed by atoms with Crippen molar-refractivity contribution in [1.29, 1.82) is 0 Å². The van der Waals surface area contributed by atoms with Gasteiger partial charge in [0.1, 0.15) is 5.82 Å². The van der Waals surface area contributed by atoms with Gasteiger partial charge in [-0.05, 0) is 57.2 Å². The monoisotopic (exact) mass is 333 g/mol. The van der Waals surface area contributed by atoms with Crippen LogP contribution in [0.25, 0.3) is 0 Å². The van der Waals surface area contributed by atoms with Crippen molar-refractivity contribution in [2.45, 2.75) is 50.4 Å². The van der Waals surface area contributed by atoms with Crippen LogP contribution in [0.5, 0.6) is 0 Å². The van der Waals surface area contributed by atoms with E-state index in [1.807, 2.05) is 13.8 Å². The molecule has 0 radical (unpaired) electrons. The van der Waals surface area contributed by atoms with Crippen LogP contribution in [-0.2, 0) is 15.9 Å². The molecule has 6 heteroatoms. The van der Waals surface area contributed by atoms with Crippen molar-refractivity contribution in [3.63, 3.8) is 0 Å². The number of rotatable bonds is 6. The Hall–Kier alpha value is -0.650. The number of halogens is 2. The largest absolute Gasteiger partial charge is 0.243 e. The Morgan fingerprint density at radius 1 is 1.38 bits per heavy atom. The Morgan fingerprint density at radius 3 is 2.48 bits per heavy atom. The molecule has 0 saturated heterocycles. The molecule has 0 atom stereocenters. The van der Waals surface area contributed by atoms with Crippen LogP contribution < -0.4 is 0 Å². The summed E-state index contributed by atoms with van der Waals surface area (Å²) in [4.78, 5) is 0.0347. The average Bonchev–Trinajstić information content (AvgIpc) is 3.22. The van der Waals surface area contributed by atoms with Crippen LogP contribution in [0.3, 0.4) is 0 Å². The van der Waals surface area contributed by atoms with E-state index in [0.717, 1.165) is 12.8 Å². The first-order valence-corrected chi connectivity index (χ1v) is 9.11. The van der Waals surface area contributed by atoms with Gasteiger partial charge >= 0.3 is 0 Å². The molecular formula is C15H21ClFNO2S. The fourth-order valence-corrected chi connectivity index (χ4v) is 4.47. The van der Waals surface area contributed by atoms with Crippen molar-refractivity contribution in [2.75, 3.05) is 6.54 Å². The maximum Gasteiger partial charge on any atom is 0.243 e. The van der Waals surface area contributed by atoms with Crippen LogP contribution >= 0.6 is 11.6 Å². The third-order valence-corrected chi connectivity index (χ3v) is 6.29. The SMILES string of the molecule is Cc1c(F)cc(CCl)cc1S(=O)(=O)N(CC1CC1)C(C)C. The zero-order valence-electron chi connectivity index (χ0n) is 12.6. The summed E-state index contributed by atoms with van der Waals surface area (Å²) in [6.45, 7) is 5.69. The third kappa shape index (κ3) is 3.58. The maximum atomic E-state index is 14.0. The van der Waals surface area contributed by atoms with Crippen LogP contribution in [0.4, 0.5) is 4.39 Å². The molecule has 1 fully saturated rings. The minimum absolute atomic E-state index is 0.0347. The number of nitrogens with zero attached hydrogens (tertiary/aromatic N) is 1. The van der Waals surface area contributed by atoms with Crippen LogP contribution in [0.2, 0.25) is 0 Å². The Balaban J connectivity index is 2.48. The van der Waals surface area contributed by atoms with Gasteiger partial charge in [-0.3, -0.25) is 0 Å². The number of hydrogen-bond acceptors (Lipinski definition) is 2. The lowest BCUT2D eigenvalue weighted by Gasteiger charge is -2.27. The molecule has 3 nitrogen and oxygen atoms in total. The molecule has 1 aliphatic rings. The molecule has 0 spiro atoms. The van der Waals surface area contributed by atoms with Gasteiger partial charge in [0.15, 0.2) is 0 Å². The molecule has 0 aromatic heterocycles. The minimum Gasteiger partial charge on any atom is -0.207 e. The Labute approximate surface area is 131 Å². The smallest absolute Gasteiger partial charge is 0.207 e. The molecule has 0 bridgehead atoms. The molecule has 1 saturated carbocycles. The highest BCUT2D eigenvalue weighted by Crippen LogP contribution is 2.33. The summed E-state index contributed by atoms with van der Waals surface area (Å²) in [6.07, 6.45) is 2.13. The number of sulfonamides is 1. The van der Waals surface area contributed by atoms with Crippen molar-refractivity contribution in [3.05, 3.63) is 29.1 Å². The minimum atomic E-state index is -3.71. The molecule has 0 heterocycles. The van der Waals surface area contributed by atoms with E-state index in [2.05, 4.69) is 0 Å². The fourth-order valence-electron chi connectivity index (χ4n) is 2.32. The van der Waals surface area contributed by atoms with Crippen LogP contribution in [0, 0.1) is 18.7 Å². The molecule has 1 aromatic rings. The number of hydrogen-bond donors (Lipinski definition) is 0. The average molecular weight is 334 g/mol. The second-order valence-corrected chi connectivity index (χ2v) is 8.07. The zero-order chi connectivity index (χ0) is 15.8. The van der Waals surface area contributed by atoms with Gasteiger partial charge in [0.2, 0.25) is 10.0 Å². The van der Waals surface area contributed by atoms with Gasteiger partial charge in [-0.1, -0.05) is 0 Å². The maximum absolute atomic E-state index is 14.0. The number of benzene rings is 1. The van der Waals surface area contributed by atoms with Crippen LogP contribution in [0.15, 0.2) is 17.0 Å². The second kappa shape index (κ2) is 6.23. The van der Waals surface area contributed by atoms with Crippen LogP contribution in [-0.4, -0.2) is 25.3 Å². The summed E-state index contributed by atoms with van der Waals surface area (Å²) in [5.74, 6) is -0.00491. The molecule has 1 aromatic carbocycles. The van der Waals surface area contributed by atoms with Gasteiger partial charge in [-0.15, -0.1) is 11.6 Å². The third-order valence-electron chi connectivity index (χ3n) is 3.81. The summed E-state index contributed by atoms with van der Waals surface area (Å²) < 4.78 is 41.2. The summed E-state index contributed by atoms with van der Waals surface area (Å²) in [5, 5.41) is 0. The summed E-state index contributed by atoms with van der Waals surface area (Å²) in [5.41, 5.74) is 0.638. The van der Waals surface area contributed by atoms with Gasteiger partial charge in [0.25, 0.3) is 0 Å². The molecule has 0 N–H and O–H groups in total. The lowest BCUT2D eigenvalue weighted by Crippen LogP contribution is -2.38. The summed E-state index contributed by atoms with van der Waals surface area (Å²) >= 11 is 5.73. The fraction of sp³-hybridized carbons (Fsp3) is 0.600. The van der Waals surface area contributed by atoms with E-state index in [-0.39, 0.29) is 22.4 Å². The van der Waals surface area contributed by atoms with Gasteiger partial charge in [0, 0.05) is 24.0 Å². The Kier molecular flexibility index (Phi) is 4.96. The topological polar surface area (TPSA) is 37.4 Å². The predicted molar refractivity (Wildman–Crippen MR) is 82.4 cm³/mol. The molecule has 1 aliphatic carbocycles. The molecule has 0 unspecified atom stereocenters. The van der Waals surface area contributed by atoms with Crippen LogP contribution in [0.1, 0.15) is 37.8 Å². The van der Waals surface area contributed by atoms with Crippen molar-refractivity contribution in [2.24, 2.45) is 5.92 Å². The van der Waals surface area contributed by atoms with E-state index in [0.29, 0.717) is 18.0 Å². The molecule has 118 valence electrons. The number of alkyl halides is 1. The summed E-state index contributed by atoms with van der Waals surface area (Å²) in [7, 11) is -3.71. The zero-order valence-corrected chi connectivity index (χ0v) is 14.1. The lowest BCUT2D eigenvalue weighted by molar-refractivity contribution is 0.341. The van der Waals surface area contributed by atoms with Crippen molar-refractivity contribution in [1.82, 2.24) is 4.31 Å². The lowest BCUT2D eigenvalue weighted by atomic mass is 10.1. The van der Waals surface area contributed by atoms with Crippen molar-refractivity contribution in [3.8, 4) is 0 Å². The molecule has 0 amide bonds. The molecule has 21 heavy (non-hydrogen) atoms. The van der Waals surface area contributed by atoms with Gasteiger partial charge in [0.05, 0.1) is 4.90 Å². The quantitative estimate of drug-likeness (QED) is 0.745. The summed E-state index contributed by atoms with van der Waals surface area (Å²) in [6, 6.07) is 2.63. The van der Waals surface area contributed by atoms with Gasteiger partial charge in [-0.25, -0.2) is 12.8 Å². The highest BCUT2D eigenvalue weighted by atomic mass is 35.5. The first-order chi connectivity index (χ1) is 9.77. The van der Waals surface area contributed by atoms with Crippen molar-refractivity contribution >= 4 is 21.6 Å². The molecule has 2 rings (SSSR count). The van der Waals surface area contributed by atoms with Gasteiger partial charge in [-0.2, -0.15) is 4.31 Å². The van der Waals surface area contributed by atoms with E-state index < -0.39 is 15.8 Å². The normalized spacial score (nSPS) is 16.0. The molecule has 0 aliphatic heterocycles. The standard InChI is InChI=1S/C15H21ClFNO2S/c1-10(2)18(9-12-4-5-12)21(19,20)15-7-13(8-16)6-14(17)11(15)3/h6-7,10,12H,4-5,8-9H2,1-3H3. The van der Waals surface area contributed by atoms with E-state index in [4.69, 9.17) is 11.6 Å². The predicted octanol–water partition coefficient (Wildman–Crippen LogP) is 3.68. The van der Waals surface area contributed by atoms with Crippen molar-refractivity contribution < 1.29 is 12.8 Å². The van der Waals surface area contributed by atoms with E-state index in [1.165, 1.54) is 23.4 Å². The first kappa shape index (κ1) is 16.7.